The van der Waals surface area contributed by atoms with Crippen LogP contribution in [0.15, 0.2) is 34.9 Å². The second-order valence-electron chi connectivity index (χ2n) is 3.82. The summed E-state index contributed by atoms with van der Waals surface area (Å²) in [6.07, 6.45) is 3.52. The third-order valence-electron chi connectivity index (χ3n) is 2.85. The number of fused-ring (bicyclic) bond motifs is 1. The van der Waals surface area contributed by atoms with Crippen LogP contribution in [0, 0.1) is 0 Å². The molecule has 3 heteroatoms. The highest BCUT2D eigenvalue weighted by Gasteiger charge is 2.20. The van der Waals surface area contributed by atoms with Gasteiger partial charge in [0.05, 0.1) is 11.4 Å². The van der Waals surface area contributed by atoms with Crippen LogP contribution in [-0.2, 0) is 12.8 Å². The first-order chi connectivity index (χ1) is 7.36. The zero-order valence-corrected chi connectivity index (χ0v) is 9.87. The summed E-state index contributed by atoms with van der Waals surface area (Å²) in [6.45, 7) is 0. The summed E-state index contributed by atoms with van der Waals surface area (Å²) in [5, 5.41) is 4.63. The van der Waals surface area contributed by atoms with Gasteiger partial charge in [-0.1, -0.05) is 18.2 Å². The molecule has 0 saturated heterocycles. The van der Waals surface area contributed by atoms with Crippen molar-refractivity contribution in [3.05, 3.63) is 46.2 Å². The van der Waals surface area contributed by atoms with Crippen LogP contribution in [0.3, 0.4) is 0 Å². The van der Waals surface area contributed by atoms with Crippen LogP contribution < -0.4 is 0 Å². The molecule has 0 atom stereocenters. The van der Waals surface area contributed by atoms with Crippen LogP contribution in [0.25, 0.3) is 5.69 Å². The Labute approximate surface area is 97.1 Å². The summed E-state index contributed by atoms with van der Waals surface area (Å²) >= 11 is 3.64. The monoisotopic (exact) mass is 262 g/mol. The van der Waals surface area contributed by atoms with E-state index >= 15 is 0 Å². The summed E-state index contributed by atoms with van der Waals surface area (Å²) in [6, 6.07) is 10.2. The van der Waals surface area contributed by atoms with Crippen molar-refractivity contribution >= 4 is 15.9 Å². The third-order valence-corrected chi connectivity index (χ3v) is 3.66. The molecule has 0 bridgehead atoms. The maximum absolute atomic E-state index is 4.63. The Morgan fingerprint density at radius 2 is 1.93 bits per heavy atom. The topological polar surface area (TPSA) is 17.8 Å². The molecule has 1 aromatic carbocycles. The maximum atomic E-state index is 4.63. The highest BCUT2D eigenvalue weighted by atomic mass is 79.9. The van der Waals surface area contributed by atoms with E-state index in [9.17, 15) is 0 Å². The molecule has 0 amide bonds. The van der Waals surface area contributed by atoms with E-state index in [1.807, 2.05) is 22.9 Å². The summed E-state index contributed by atoms with van der Waals surface area (Å²) < 4.78 is 3.12. The molecule has 1 aromatic heterocycles. The van der Waals surface area contributed by atoms with Crippen molar-refractivity contribution in [2.24, 2.45) is 0 Å². The molecule has 0 spiro atoms. The fourth-order valence-corrected chi connectivity index (χ4v) is 2.80. The van der Waals surface area contributed by atoms with E-state index < -0.39 is 0 Å². The quantitative estimate of drug-likeness (QED) is 0.772. The van der Waals surface area contributed by atoms with Crippen LogP contribution in [0.1, 0.15) is 17.7 Å². The largest absolute Gasteiger partial charge is 0.226 e. The van der Waals surface area contributed by atoms with E-state index in [4.69, 9.17) is 0 Å². The molecule has 3 rings (SSSR count). The van der Waals surface area contributed by atoms with Gasteiger partial charge >= 0.3 is 0 Å². The van der Waals surface area contributed by atoms with Crippen molar-refractivity contribution < 1.29 is 0 Å². The van der Waals surface area contributed by atoms with Crippen molar-refractivity contribution in [1.82, 2.24) is 9.78 Å². The number of benzene rings is 1. The van der Waals surface area contributed by atoms with Crippen LogP contribution in [0.4, 0.5) is 0 Å². The summed E-state index contributed by atoms with van der Waals surface area (Å²) in [4.78, 5) is 0. The number of aromatic nitrogens is 2. The molecule has 15 heavy (non-hydrogen) atoms. The van der Waals surface area contributed by atoms with Crippen molar-refractivity contribution in [2.45, 2.75) is 19.3 Å². The summed E-state index contributed by atoms with van der Waals surface area (Å²) in [5.74, 6) is 0. The van der Waals surface area contributed by atoms with Crippen LogP contribution in [-0.4, -0.2) is 9.78 Å². The molecule has 0 unspecified atom stereocenters. The van der Waals surface area contributed by atoms with Crippen LogP contribution in [0.2, 0.25) is 0 Å². The Balaban J connectivity index is 2.14. The molecule has 1 aliphatic rings. The molecular formula is C12H11BrN2. The highest BCUT2D eigenvalue weighted by molar-refractivity contribution is 9.10. The SMILES string of the molecule is Brc1c2c(nn1-c1ccccc1)CCC2. The smallest absolute Gasteiger partial charge is 0.113 e. The van der Waals surface area contributed by atoms with Crippen molar-refractivity contribution in [3.8, 4) is 5.69 Å². The molecular weight excluding hydrogens is 252 g/mol. The second-order valence-corrected chi connectivity index (χ2v) is 4.57. The molecule has 2 aromatic rings. The summed E-state index contributed by atoms with van der Waals surface area (Å²) in [5.41, 5.74) is 3.77. The summed E-state index contributed by atoms with van der Waals surface area (Å²) in [7, 11) is 0. The lowest BCUT2D eigenvalue weighted by atomic mass is 10.3. The third kappa shape index (κ3) is 1.42. The Hall–Kier alpha value is -1.09. The number of rotatable bonds is 1. The fourth-order valence-electron chi connectivity index (χ4n) is 2.09. The van der Waals surface area contributed by atoms with Crippen LogP contribution >= 0.6 is 15.9 Å². The van der Waals surface area contributed by atoms with Gasteiger partial charge in [-0.05, 0) is 47.3 Å². The Morgan fingerprint density at radius 3 is 2.67 bits per heavy atom. The van der Waals surface area contributed by atoms with E-state index in [1.54, 1.807) is 0 Å². The normalized spacial score (nSPS) is 14.2. The van der Waals surface area contributed by atoms with E-state index in [1.165, 1.54) is 17.7 Å². The number of aryl methyl sites for hydroxylation is 1. The minimum Gasteiger partial charge on any atom is -0.226 e. The van der Waals surface area contributed by atoms with Gasteiger partial charge in [0.25, 0.3) is 0 Å². The number of hydrogen-bond acceptors (Lipinski definition) is 1. The van der Waals surface area contributed by atoms with Gasteiger partial charge in [-0.15, -0.1) is 0 Å². The maximum Gasteiger partial charge on any atom is 0.113 e. The van der Waals surface area contributed by atoms with Gasteiger partial charge in [-0.2, -0.15) is 5.10 Å². The van der Waals surface area contributed by atoms with Crippen LogP contribution in [0.5, 0.6) is 0 Å². The average molecular weight is 263 g/mol. The van der Waals surface area contributed by atoms with Gasteiger partial charge in [0.15, 0.2) is 0 Å². The Morgan fingerprint density at radius 1 is 1.13 bits per heavy atom. The zero-order chi connectivity index (χ0) is 10.3. The van der Waals surface area contributed by atoms with Gasteiger partial charge < -0.3 is 0 Å². The molecule has 1 heterocycles. The lowest BCUT2D eigenvalue weighted by Gasteiger charge is -2.03. The van der Waals surface area contributed by atoms with Crippen molar-refractivity contribution in [2.75, 3.05) is 0 Å². The van der Waals surface area contributed by atoms with Gasteiger partial charge in [0.2, 0.25) is 0 Å². The number of hydrogen-bond donors (Lipinski definition) is 0. The zero-order valence-electron chi connectivity index (χ0n) is 8.28. The standard InChI is InChI=1S/C12H11BrN2/c13-12-10-7-4-8-11(10)14-15(12)9-5-2-1-3-6-9/h1-3,5-6H,4,7-8H2. The molecule has 76 valence electrons. The highest BCUT2D eigenvalue weighted by Crippen LogP contribution is 2.30. The number of para-hydroxylation sites is 1. The molecule has 0 radical (unpaired) electrons. The first-order valence-corrected chi connectivity index (χ1v) is 5.97. The lowest BCUT2D eigenvalue weighted by Crippen LogP contribution is -1.97. The van der Waals surface area contributed by atoms with Crippen molar-refractivity contribution in [1.29, 1.82) is 0 Å². The minimum absolute atomic E-state index is 1.12. The molecule has 0 fully saturated rings. The minimum atomic E-state index is 1.12. The van der Waals surface area contributed by atoms with Crippen molar-refractivity contribution in [3.63, 3.8) is 0 Å². The molecule has 0 saturated carbocycles. The predicted molar refractivity (Wildman–Crippen MR) is 63.3 cm³/mol. The Kier molecular flexibility index (Phi) is 2.13. The second kappa shape index (κ2) is 3.49. The average Bonchev–Trinajstić information content (AvgIpc) is 2.83. The first kappa shape index (κ1) is 9.16. The van der Waals surface area contributed by atoms with Gasteiger partial charge in [0.1, 0.15) is 4.60 Å². The molecule has 2 nitrogen and oxygen atoms in total. The number of nitrogens with zero attached hydrogens (tertiary/aromatic N) is 2. The lowest BCUT2D eigenvalue weighted by molar-refractivity contribution is 0.787. The molecule has 0 aliphatic heterocycles. The van der Waals surface area contributed by atoms with E-state index in [-0.39, 0.29) is 0 Å². The Bertz CT molecular complexity index is 488. The van der Waals surface area contributed by atoms with E-state index in [0.717, 1.165) is 23.1 Å². The molecule has 1 aliphatic carbocycles. The van der Waals surface area contributed by atoms with Gasteiger partial charge in [-0.25, -0.2) is 4.68 Å². The predicted octanol–water partition coefficient (Wildman–Crippen LogP) is 3.12. The number of halogens is 1. The molecule has 0 N–H and O–H groups in total. The first-order valence-electron chi connectivity index (χ1n) is 5.18. The van der Waals surface area contributed by atoms with E-state index in [0.29, 0.717) is 0 Å². The van der Waals surface area contributed by atoms with Gasteiger partial charge in [-0.3, -0.25) is 0 Å². The fraction of sp³-hybridized carbons (Fsp3) is 0.250. The van der Waals surface area contributed by atoms with E-state index in [2.05, 4.69) is 33.2 Å². The van der Waals surface area contributed by atoms with Gasteiger partial charge in [0, 0.05) is 5.56 Å².